The van der Waals surface area contributed by atoms with E-state index in [1.165, 1.54) is 19.3 Å². The van der Waals surface area contributed by atoms with Crippen molar-refractivity contribution in [1.82, 2.24) is 10.0 Å². The SMILES string of the molecule is C#CCNCc1c(C)cc(C2CCCCC2)n(O)c1=O. The molecule has 0 radical (unpaired) electrons. The van der Waals surface area contributed by atoms with Crippen molar-refractivity contribution in [3.8, 4) is 12.3 Å². The summed E-state index contributed by atoms with van der Waals surface area (Å²) in [5, 5.41) is 13.1. The minimum atomic E-state index is -0.324. The predicted octanol–water partition coefficient (Wildman–Crippen LogP) is 2.16. The van der Waals surface area contributed by atoms with Crippen molar-refractivity contribution in [2.45, 2.75) is 51.5 Å². The van der Waals surface area contributed by atoms with Crippen LogP contribution >= 0.6 is 0 Å². The summed E-state index contributed by atoms with van der Waals surface area (Å²) < 4.78 is 0.843. The van der Waals surface area contributed by atoms with Gasteiger partial charge in [-0.2, -0.15) is 4.73 Å². The van der Waals surface area contributed by atoms with Gasteiger partial charge in [0.1, 0.15) is 0 Å². The maximum atomic E-state index is 12.3. The topological polar surface area (TPSA) is 54.3 Å². The smallest absolute Gasteiger partial charge is 0.287 e. The second-order valence-electron chi connectivity index (χ2n) is 5.49. The number of rotatable bonds is 4. The maximum absolute atomic E-state index is 12.3. The van der Waals surface area contributed by atoms with Crippen molar-refractivity contribution in [3.63, 3.8) is 0 Å². The molecule has 0 saturated heterocycles. The van der Waals surface area contributed by atoms with E-state index in [0.29, 0.717) is 24.6 Å². The number of hydrogen-bond acceptors (Lipinski definition) is 3. The van der Waals surface area contributed by atoms with E-state index in [1.807, 2.05) is 13.0 Å². The minimum absolute atomic E-state index is 0.299. The molecular formula is C16H22N2O2. The molecule has 2 rings (SSSR count). The van der Waals surface area contributed by atoms with E-state index in [9.17, 15) is 10.0 Å². The van der Waals surface area contributed by atoms with Crippen molar-refractivity contribution < 1.29 is 5.21 Å². The number of hydrogen-bond donors (Lipinski definition) is 2. The zero-order valence-electron chi connectivity index (χ0n) is 12.0. The Morgan fingerprint density at radius 2 is 2.15 bits per heavy atom. The molecule has 1 aromatic heterocycles. The van der Waals surface area contributed by atoms with E-state index in [1.54, 1.807) is 0 Å². The summed E-state index contributed by atoms with van der Waals surface area (Å²) in [6.45, 7) is 2.72. The lowest BCUT2D eigenvalue weighted by atomic mass is 9.86. The monoisotopic (exact) mass is 274 g/mol. The van der Waals surface area contributed by atoms with Crippen LogP contribution in [-0.4, -0.2) is 16.5 Å². The fraction of sp³-hybridized carbons (Fsp3) is 0.562. The molecule has 0 aliphatic heterocycles. The molecule has 4 nitrogen and oxygen atoms in total. The average Bonchev–Trinajstić information content (AvgIpc) is 2.47. The molecule has 4 heteroatoms. The van der Waals surface area contributed by atoms with Gasteiger partial charge >= 0.3 is 0 Å². The van der Waals surface area contributed by atoms with Crippen LogP contribution in [0.15, 0.2) is 10.9 Å². The Morgan fingerprint density at radius 1 is 1.45 bits per heavy atom. The van der Waals surface area contributed by atoms with E-state index >= 15 is 0 Å². The average molecular weight is 274 g/mol. The minimum Gasteiger partial charge on any atom is -0.425 e. The molecule has 1 heterocycles. The molecule has 0 atom stereocenters. The van der Waals surface area contributed by atoms with Gasteiger partial charge in [-0.15, -0.1) is 6.42 Å². The maximum Gasteiger partial charge on any atom is 0.287 e. The lowest BCUT2D eigenvalue weighted by Crippen LogP contribution is -2.30. The zero-order valence-corrected chi connectivity index (χ0v) is 12.0. The second-order valence-corrected chi connectivity index (χ2v) is 5.49. The van der Waals surface area contributed by atoms with Crippen LogP contribution in [0.25, 0.3) is 0 Å². The van der Waals surface area contributed by atoms with Gasteiger partial charge in [0.15, 0.2) is 0 Å². The lowest BCUT2D eigenvalue weighted by molar-refractivity contribution is 0.155. The van der Waals surface area contributed by atoms with Gasteiger partial charge in [-0.1, -0.05) is 25.2 Å². The van der Waals surface area contributed by atoms with Crippen LogP contribution in [0.1, 0.15) is 54.8 Å². The van der Waals surface area contributed by atoms with E-state index in [2.05, 4.69) is 11.2 Å². The number of aromatic nitrogens is 1. The molecule has 1 aromatic rings. The quantitative estimate of drug-likeness (QED) is 0.502. The van der Waals surface area contributed by atoms with E-state index in [-0.39, 0.29) is 5.56 Å². The molecule has 20 heavy (non-hydrogen) atoms. The third-order valence-electron chi connectivity index (χ3n) is 4.09. The number of nitrogens with one attached hydrogen (secondary N) is 1. The highest BCUT2D eigenvalue weighted by molar-refractivity contribution is 5.28. The van der Waals surface area contributed by atoms with Gasteiger partial charge in [-0.05, 0) is 31.4 Å². The van der Waals surface area contributed by atoms with Crippen LogP contribution in [0.3, 0.4) is 0 Å². The van der Waals surface area contributed by atoms with Crippen LogP contribution in [-0.2, 0) is 6.54 Å². The van der Waals surface area contributed by atoms with Gasteiger partial charge in [0.2, 0.25) is 0 Å². The summed E-state index contributed by atoms with van der Waals surface area (Å²) in [4.78, 5) is 12.3. The molecule has 1 aliphatic rings. The summed E-state index contributed by atoms with van der Waals surface area (Å²) in [6, 6.07) is 1.95. The van der Waals surface area contributed by atoms with Crippen molar-refractivity contribution >= 4 is 0 Å². The number of pyridine rings is 1. The first-order valence-electron chi connectivity index (χ1n) is 7.24. The molecule has 0 spiro atoms. The zero-order chi connectivity index (χ0) is 14.5. The first-order valence-corrected chi connectivity index (χ1v) is 7.24. The Labute approximate surface area is 119 Å². The standard InChI is InChI=1S/C16H22N2O2/c1-3-9-17-11-14-12(2)10-15(18(20)16(14)19)13-7-5-4-6-8-13/h1,10,13,17,20H,4-9,11H2,2H3. The van der Waals surface area contributed by atoms with Crippen molar-refractivity contribution in [2.75, 3.05) is 6.54 Å². The molecule has 0 aromatic carbocycles. The van der Waals surface area contributed by atoms with Crippen LogP contribution in [0.2, 0.25) is 0 Å². The highest BCUT2D eigenvalue weighted by Gasteiger charge is 2.21. The number of aryl methyl sites for hydroxylation is 1. The molecule has 1 aliphatic carbocycles. The van der Waals surface area contributed by atoms with Crippen LogP contribution < -0.4 is 10.9 Å². The van der Waals surface area contributed by atoms with Gasteiger partial charge in [0.25, 0.3) is 5.56 Å². The summed E-state index contributed by atoms with van der Waals surface area (Å²) >= 11 is 0. The van der Waals surface area contributed by atoms with Crippen LogP contribution in [0.4, 0.5) is 0 Å². The van der Waals surface area contributed by atoms with Gasteiger partial charge in [-0.3, -0.25) is 4.79 Å². The van der Waals surface area contributed by atoms with Gasteiger partial charge in [0, 0.05) is 18.0 Å². The number of nitrogens with zero attached hydrogens (tertiary/aromatic N) is 1. The molecule has 0 bridgehead atoms. The third kappa shape index (κ3) is 3.05. The first-order chi connectivity index (χ1) is 9.65. The van der Waals surface area contributed by atoms with Crippen molar-refractivity contribution in [2.24, 2.45) is 0 Å². The predicted molar refractivity (Wildman–Crippen MR) is 79.0 cm³/mol. The molecule has 108 valence electrons. The second kappa shape index (κ2) is 6.62. The Morgan fingerprint density at radius 3 is 2.80 bits per heavy atom. The van der Waals surface area contributed by atoms with Gasteiger partial charge < -0.3 is 10.5 Å². The molecular weight excluding hydrogens is 252 g/mol. The van der Waals surface area contributed by atoms with E-state index in [0.717, 1.165) is 28.8 Å². The Balaban J connectivity index is 2.28. The molecule has 0 amide bonds. The fourth-order valence-electron chi connectivity index (χ4n) is 2.95. The van der Waals surface area contributed by atoms with Crippen molar-refractivity contribution in [1.29, 1.82) is 0 Å². The molecule has 2 N–H and O–H groups in total. The number of terminal acetylenes is 1. The largest absolute Gasteiger partial charge is 0.425 e. The van der Waals surface area contributed by atoms with Crippen LogP contribution in [0.5, 0.6) is 0 Å². The Bertz CT molecular complexity index is 563. The highest BCUT2D eigenvalue weighted by Crippen LogP contribution is 2.32. The van der Waals surface area contributed by atoms with Crippen molar-refractivity contribution in [3.05, 3.63) is 33.2 Å². The Kier molecular flexibility index (Phi) is 4.86. The highest BCUT2D eigenvalue weighted by atomic mass is 16.5. The first kappa shape index (κ1) is 14.7. The van der Waals surface area contributed by atoms with E-state index in [4.69, 9.17) is 6.42 Å². The third-order valence-corrected chi connectivity index (χ3v) is 4.09. The van der Waals surface area contributed by atoms with E-state index < -0.39 is 0 Å². The molecule has 0 unspecified atom stereocenters. The summed E-state index contributed by atoms with van der Waals surface area (Å²) in [6.07, 6.45) is 10.9. The van der Waals surface area contributed by atoms with Gasteiger partial charge in [0.05, 0.1) is 12.2 Å². The summed E-state index contributed by atoms with van der Waals surface area (Å²) in [5.41, 5.74) is 1.94. The summed E-state index contributed by atoms with van der Waals surface area (Å²) in [7, 11) is 0. The molecule has 1 saturated carbocycles. The molecule has 1 fully saturated rings. The normalized spacial score (nSPS) is 16.0. The lowest BCUT2D eigenvalue weighted by Gasteiger charge is -2.24. The fourth-order valence-corrected chi connectivity index (χ4v) is 2.95. The van der Waals surface area contributed by atoms with Gasteiger partial charge in [-0.25, -0.2) is 0 Å². The summed E-state index contributed by atoms with van der Waals surface area (Å²) in [5.74, 6) is 2.77. The van der Waals surface area contributed by atoms with Crippen LogP contribution in [0, 0.1) is 19.3 Å². The Hall–Kier alpha value is -1.73.